The number of amides is 1. The van der Waals surface area contributed by atoms with Crippen molar-refractivity contribution < 1.29 is 19.2 Å². The molecule has 0 aromatic heterocycles. The lowest BCUT2D eigenvalue weighted by atomic mass is 9.99. The van der Waals surface area contributed by atoms with E-state index >= 15 is 0 Å². The highest BCUT2D eigenvalue weighted by Gasteiger charge is 2.22. The molecule has 0 unspecified atom stereocenters. The smallest absolute Gasteiger partial charge is 0.314 e. The van der Waals surface area contributed by atoms with Crippen molar-refractivity contribution in [2.75, 3.05) is 6.61 Å². The van der Waals surface area contributed by atoms with E-state index in [0.717, 1.165) is 6.42 Å². The number of nitro benzene ring substituents is 1. The monoisotopic (exact) mass is 335 g/mol. The van der Waals surface area contributed by atoms with Crippen LogP contribution < -0.4 is 5.43 Å². The molecule has 0 saturated heterocycles. The van der Waals surface area contributed by atoms with Crippen LogP contribution in [0.5, 0.6) is 0 Å². The van der Waals surface area contributed by atoms with Gasteiger partial charge in [-0.05, 0) is 32.4 Å². The maximum atomic E-state index is 12.0. The Morgan fingerprint density at radius 1 is 1.29 bits per heavy atom. The number of hydrogen-bond acceptors (Lipinski definition) is 6. The van der Waals surface area contributed by atoms with Crippen molar-refractivity contribution >= 4 is 23.3 Å². The van der Waals surface area contributed by atoms with Gasteiger partial charge in [0, 0.05) is 23.4 Å². The Labute approximate surface area is 140 Å². The van der Waals surface area contributed by atoms with E-state index in [1.165, 1.54) is 24.3 Å². The number of ether oxygens (including phenoxy) is 1. The minimum Gasteiger partial charge on any atom is -0.465 e. The fourth-order valence-corrected chi connectivity index (χ4v) is 2.04. The zero-order valence-corrected chi connectivity index (χ0v) is 13.9. The molecule has 0 heterocycles. The van der Waals surface area contributed by atoms with Crippen LogP contribution in [0.25, 0.3) is 0 Å². The van der Waals surface area contributed by atoms with Gasteiger partial charge in [-0.15, -0.1) is 0 Å². The zero-order valence-electron chi connectivity index (χ0n) is 13.9. The van der Waals surface area contributed by atoms with Crippen LogP contribution in [0.4, 0.5) is 5.69 Å². The highest BCUT2D eigenvalue weighted by Crippen LogP contribution is 2.13. The van der Waals surface area contributed by atoms with Gasteiger partial charge < -0.3 is 4.74 Å². The number of rotatable bonds is 8. The fourth-order valence-electron chi connectivity index (χ4n) is 2.04. The molecule has 1 aromatic rings. The lowest BCUT2D eigenvalue weighted by molar-refractivity contribution is -0.384. The highest BCUT2D eigenvalue weighted by molar-refractivity contribution is 6.02. The number of hydrazone groups is 1. The number of carbonyl (C=O) groups excluding carboxylic acids is 2. The van der Waals surface area contributed by atoms with Crippen molar-refractivity contribution in [1.82, 2.24) is 5.43 Å². The summed E-state index contributed by atoms with van der Waals surface area (Å²) in [6.07, 6.45) is 1.34. The van der Waals surface area contributed by atoms with Crippen molar-refractivity contribution in [2.45, 2.75) is 33.6 Å². The van der Waals surface area contributed by atoms with Gasteiger partial charge in [-0.25, -0.2) is 5.43 Å². The molecular weight excluding hydrogens is 314 g/mol. The normalized spacial score (nSPS) is 12.4. The minimum atomic E-state index is -0.543. The van der Waals surface area contributed by atoms with Crippen molar-refractivity contribution in [3.63, 3.8) is 0 Å². The van der Waals surface area contributed by atoms with E-state index in [2.05, 4.69) is 10.5 Å². The van der Waals surface area contributed by atoms with E-state index < -0.39 is 16.7 Å². The first-order chi connectivity index (χ1) is 11.4. The summed E-state index contributed by atoms with van der Waals surface area (Å²) in [5.41, 5.74) is 2.94. The summed E-state index contributed by atoms with van der Waals surface area (Å²) in [5.74, 6) is -1.39. The van der Waals surface area contributed by atoms with E-state index in [1.54, 1.807) is 13.8 Å². The maximum absolute atomic E-state index is 12.0. The molecule has 0 radical (unpaired) electrons. The second kappa shape index (κ2) is 9.39. The molecule has 0 bridgehead atoms. The average Bonchev–Trinajstić information content (AvgIpc) is 2.57. The maximum Gasteiger partial charge on any atom is 0.314 e. The molecule has 24 heavy (non-hydrogen) atoms. The molecular formula is C16H21N3O5. The van der Waals surface area contributed by atoms with Crippen LogP contribution >= 0.6 is 0 Å². The second-order valence-corrected chi connectivity index (χ2v) is 5.09. The summed E-state index contributed by atoms with van der Waals surface area (Å²) in [6.45, 7) is 5.59. The average molecular weight is 335 g/mol. The first kappa shape index (κ1) is 19.3. The molecule has 130 valence electrons. The van der Waals surface area contributed by atoms with Gasteiger partial charge in [0.15, 0.2) is 0 Å². The van der Waals surface area contributed by atoms with Crippen LogP contribution in [0, 0.1) is 16.0 Å². The van der Waals surface area contributed by atoms with Gasteiger partial charge in [-0.3, -0.25) is 19.7 Å². The van der Waals surface area contributed by atoms with Gasteiger partial charge in [0.1, 0.15) is 0 Å². The summed E-state index contributed by atoms with van der Waals surface area (Å²) in [6, 6.07) is 5.16. The summed E-state index contributed by atoms with van der Waals surface area (Å²) in [7, 11) is 0. The fraction of sp³-hybridized carbons (Fsp3) is 0.438. The third-order valence-corrected chi connectivity index (χ3v) is 3.33. The number of benzene rings is 1. The molecule has 1 rings (SSSR count). The summed E-state index contributed by atoms with van der Waals surface area (Å²) < 4.78 is 5.01. The lowest BCUT2D eigenvalue weighted by Crippen LogP contribution is -2.27. The standard InChI is InChI=1S/C16H21N3O5/c1-4-6-14(16(21)24-5-2)11(3)17-18-15(20)12-7-9-13(10-8-12)19(22)23/h7-10,14H,4-6H2,1-3H3,(H,18,20)/b17-11+/t14-/m0/s1. The number of nitrogens with one attached hydrogen (secondary N) is 1. The predicted octanol–water partition coefficient (Wildman–Crippen LogP) is 2.68. The molecule has 0 spiro atoms. The Morgan fingerprint density at radius 2 is 1.92 bits per heavy atom. The summed E-state index contributed by atoms with van der Waals surface area (Å²) >= 11 is 0. The van der Waals surface area contributed by atoms with E-state index in [0.29, 0.717) is 12.1 Å². The van der Waals surface area contributed by atoms with Crippen LogP contribution in [-0.4, -0.2) is 29.1 Å². The first-order valence-electron chi connectivity index (χ1n) is 7.66. The third kappa shape index (κ3) is 5.45. The number of hydrogen-bond donors (Lipinski definition) is 1. The molecule has 0 fully saturated rings. The minimum absolute atomic E-state index is 0.100. The molecule has 1 N–H and O–H groups in total. The number of nitrogens with zero attached hydrogens (tertiary/aromatic N) is 2. The highest BCUT2D eigenvalue weighted by atomic mass is 16.6. The lowest BCUT2D eigenvalue weighted by Gasteiger charge is -2.14. The molecule has 1 amide bonds. The van der Waals surface area contributed by atoms with Crippen molar-refractivity contribution in [1.29, 1.82) is 0 Å². The van der Waals surface area contributed by atoms with Crippen LogP contribution in [0.2, 0.25) is 0 Å². The van der Waals surface area contributed by atoms with Gasteiger partial charge in [-0.2, -0.15) is 5.10 Å². The topological polar surface area (TPSA) is 111 Å². The third-order valence-electron chi connectivity index (χ3n) is 3.33. The van der Waals surface area contributed by atoms with Crippen molar-refractivity contribution in [2.24, 2.45) is 11.0 Å². The van der Waals surface area contributed by atoms with Crippen molar-refractivity contribution in [3.8, 4) is 0 Å². The van der Waals surface area contributed by atoms with Crippen LogP contribution in [-0.2, 0) is 9.53 Å². The number of esters is 1. The molecule has 0 saturated carbocycles. The molecule has 0 aliphatic carbocycles. The van der Waals surface area contributed by atoms with Gasteiger partial charge in [0.25, 0.3) is 11.6 Å². The largest absolute Gasteiger partial charge is 0.465 e. The first-order valence-corrected chi connectivity index (χ1v) is 7.66. The Morgan fingerprint density at radius 3 is 2.42 bits per heavy atom. The Balaban J connectivity index is 2.78. The van der Waals surface area contributed by atoms with Crippen molar-refractivity contribution in [3.05, 3.63) is 39.9 Å². The number of carbonyl (C=O) groups is 2. The second-order valence-electron chi connectivity index (χ2n) is 5.09. The van der Waals surface area contributed by atoms with Crippen LogP contribution in [0.3, 0.4) is 0 Å². The number of non-ortho nitro benzene ring substituents is 1. The van der Waals surface area contributed by atoms with E-state index in [9.17, 15) is 19.7 Å². The SMILES string of the molecule is CCC[C@H](C(=O)OCC)/C(C)=N/NC(=O)c1ccc([N+](=O)[O-])cc1. The molecule has 1 aromatic carbocycles. The van der Waals surface area contributed by atoms with E-state index in [1.807, 2.05) is 6.92 Å². The Kier molecular flexibility index (Phi) is 7.54. The van der Waals surface area contributed by atoms with Gasteiger partial charge in [0.2, 0.25) is 0 Å². The van der Waals surface area contributed by atoms with E-state index in [-0.39, 0.29) is 23.8 Å². The molecule has 0 aliphatic rings. The Hall–Kier alpha value is -2.77. The summed E-state index contributed by atoms with van der Waals surface area (Å²) in [5, 5.41) is 14.6. The van der Waals surface area contributed by atoms with Gasteiger partial charge >= 0.3 is 5.97 Å². The predicted molar refractivity (Wildman–Crippen MR) is 88.7 cm³/mol. The zero-order chi connectivity index (χ0) is 18.1. The molecule has 1 atom stereocenters. The van der Waals surface area contributed by atoms with Crippen LogP contribution in [0.1, 0.15) is 44.0 Å². The van der Waals surface area contributed by atoms with E-state index in [4.69, 9.17) is 4.74 Å². The molecule has 8 nitrogen and oxygen atoms in total. The summed E-state index contributed by atoms with van der Waals surface area (Å²) in [4.78, 5) is 34.0. The van der Waals surface area contributed by atoms with Crippen LogP contribution in [0.15, 0.2) is 29.4 Å². The van der Waals surface area contributed by atoms with Gasteiger partial charge in [0.05, 0.1) is 17.4 Å². The number of nitro groups is 1. The quantitative estimate of drug-likeness (QED) is 0.340. The van der Waals surface area contributed by atoms with Gasteiger partial charge in [-0.1, -0.05) is 13.3 Å². The molecule has 8 heteroatoms. The molecule has 0 aliphatic heterocycles. The Bertz CT molecular complexity index is 625.